The minimum absolute atomic E-state index is 0.126. The van der Waals surface area contributed by atoms with Gasteiger partial charge in [0.15, 0.2) is 0 Å². The first-order valence-electron chi connectivity index (χ1n) is 19.7. The van der Waals surface area contributed by atoms with Crippen LogP contribution in [0.15, 0.2) is 36.2 Å². The van der Waals surface area contributed by atoms with Crippen LogP contribution >= 0.6 is 0 Å². The summed E-state index contributed by atoms with van der Waals surface area (Å²) in [4.78, 5) is 45.3. The van der Waals surface area contributed by atoms with Gasteiger partial charge in [0.05, 0.1) is 30.6 Å². The van der Waals surface area contributed by atoms with E-state index >= 15 is 4.39 Å². The molecule has 3 saturated heterocycles. The number of amides is 2. The van der Waals surface area contributed by atoms with Crippen LogP contribution in [-0.2, 0) is 35.3 Å². The molecular formula is C42H52FN9O3. The van der Waals surface area contributed by atoms with E-state index in [0.717, 1.165) is 58.7 Å². The van der Waals surface area contributed by atoms with Crippen LogP contribution in [-0.4, -0.2) is 111 Å². The number of anilines is 2. The maximum Gasteiger partial charge on any atom is 0.274 e. The number of ether oxygens (including phenoxy) is 1. The van der Waals surface area contributed by atoms with Gasteiger partial charge in [-0.1, -0.05) is 13.8 Å². The first-order chi connectivity index (χ1) is 26.2. The molecule has 55 heavy (non-hydrogen) atoms. The van der Waals surface area contributed by atoms with Crippen LogP contribution in [0.2, 0.25) is 0 Å². The quantitative estimate of drug-likeness (QED) is 0.260. The van der Waals surface area contributed by atoms with Gasteiger partial charge in [-0.3, -0.25) is 19.4 Å². The highest BCUT2D eigenvalue weighted by molar-refractivity contribution is 6.07. The average molecular weight is 750 g/mol. The van der Waals surface area contributed by atoms with E-state index in [0.29, 0.717) is 72.3 Å². The highest BCUT2D eigenvalue weighted by Crippen LogP contribution is 2.41. The Morgan fingerprint density at radius 2 is 1.85 bits per heavy atom. The smallest absolute Gasteiger partial charge is 0.274 e. The van der Waals surface area contributed by atoms with E-state index in [9.17, 15) is 14.9 Å². The lowest BCUT2D eigenvalue weighted by Gasteiger charge is -2.46. The lowest BCUT2D eigenvalue weighted by molar-refractivity contribution is -0.127. The first-order valence-corrected chi connectivity index (χ1v) is 19.7. The summed E-state index contributed by atoms with van der Waals surface area (Å²) >= 11 is 0. The maximum absolute atomic E-state index is 15.6. The molecule has 13 heteroatoms. The number of nitrogens with zero attached hydrogens (tertiary/aromatic N) is 8. The Hall–Kier alpha value is -4.64. The number of nitrogens with two attached hydrogens (primary N) is 1. The standard InChI is InChI=1S/C42H52FN9O3/c1-26-32(16-29(43)17-34(26)52-14-13-51-35(40(52)54)15-27-19-41(2,3)21-36(27)51)37-33(38(45)47-25-46-37)18-30-7-6-8-50(30)39(53)28(22-44)20-42(4,5)49-11-9-48(10-12-49)31-23-55-24-31/h15-17,20,25,30-31H,6-14,18-19,21,23-24H2,1-5H3,(H2,45,46,47). The summed E-state index contributed by atoms with van der Waals surface area (Å²) in [5.74, 6) is -0.675. The van der Waals surface area contributed by atoms with Crippen molar-refractivity contribution in [3.8, 4) is 17.3 Å². The number of hydrogen-bond acceptors (Lipinski definition) is 9. The molecule has 1 aliphatic carbocycles. The van der Waals surface area contributed by atoms with Crippen LogP contribution in [0.3, 0.4) is 0 Å². The minimum atomic E-state index is -0.495. The molecule has 3 fully saturated rings. The molecule has 4 aliphatic heterocycles. The van der Waals surface area contributed by atoms with Crippen LogP contribution in [0, 0.1) is 29.5 Å². The Morgan fingerprint density at radius 3 is 2.56 bits per heavy atom. The number of hydrogen-bond donors (Lipinski definition) is 1. The third kappa shape index (κ3) is 6.83. The fourth-order valence-corrected chi connectivity index (χ4v) is 9.58. The highest BCUT2D eigenvalue weighted by atomic mass is 19.1. The second-order valence-electron chi connectivity index (χ2n) is 17.3. The van der Waals surface area contributed by atoms with Crippen LogP contribution < -0.4 is 10.6 Å². The van der Waals surface area contributed by atoms with Gasteiger partial charge in [0.2, 0.25) is 0 Å². The van der Waals surface area contributed by atoms with Gasteiger partial charge in [0.1, 0.15) is 35.3 Å². The number of halogens is 1. The number of rotatable bonds is 8. The molecule has 3 aromatic rings. The van der Waals surface area contributed by atoms with Gasteiger partial charge in [0, 0.05) is 74.2 Å². The zero-order valence-electron chi connectivity index (χ0n) is 32.7. The van der Waals surface area contributed by atoms with Gasteiger partial charge in [0.25, 0.3) is 11.8 Å². The fourth-order valence-electron chi connectivity index (χ4n) is 9.58. The van der Waals surface area contributed by atoms with Crippen molar-refractivity contribution in [2.24, 2.45) is 5.41 Å². The summed E-state index contributed by atoms with van der Waals surface area (Å²) in [5.41, 5.74) is 12.3. The first kappa shape index (κ1) is 37.3. The molecule has 290 valence electrons. The van der Waals surface area contributed by atoms with E-state index in [4.69, 9.17) is 10.5 Å². The summed E-state index contributed by atoms with van der Waals surface area (Å²) in [5, 5.41) is 10.3. The van der Waals surface area contributed by atoms with Crippen molar-refractivity contribution in [2.75, 3.05) is 63.1 Å². The fraction of sp³-hybridized carbons (Fsp3) is 0.548. The van der Waals surface area contributed by atoms with Gasteiger partial charge in [-0.2, -0.15) is 5.26 Å². The molecule has 0 radical (unpaired) electrons. The lowest BCUT2D eigenvalue weighted by Crippen LogP contribution is -2.59. The van der Waals surface area contributed by atoms with Gasteiger partial charge in [-0.15, -0.1) is 0 Å². The number of fused-ring (bicyclic) bond motifs is 3. The number of likely N-dealkylation sites (tertiary alicyclic amines) is 1. The van der Waals surface area contributed by atoms with E-state index in [-0.39, 0.29) is 34.7 Å². The zero-order valence-corrected chi connectivity index (χ0v) is 32.7. The summed E-state index contributed by atoms with van der Waals surface area (Å²) in [7, 11) is 0. The van der Waals surface area contributed by atoms with Crippen molar-refractivity contribution in [3.63, 3.8) is 0 Å². The van der Waals surface area contributed by atoms with E-state index in [1.54, 1.807) is 9.80 Å². The van der Waals surface area contributed by atoms with Crippen molar-refractivity contribution >= 4 is 23.3 Å². The van der Waals surface area contributed by atoms with Gasteiger partial charge < -0.3 is 24.8 Å². The Morgan fingerprint density at radius 1 is 1.09 bits per heavy atom. The van der Waals surface area contributed by atoms with E-state index in [1.807, 2.05) is 19.1 Å². The largest absolute Gasteiger partial charge is 0.383 e. The monoisotopic (exact) mass is 749 g/mol. The molecule has 8 rings (SSSR count). The molecule has 0 spiro atoms. The Kier molecular flexibility index (Phi) is 9.59. The minimum Gasteiger partial charge on any atom is -0.383 e. The molecule has 0 saturated carbocycles. The number of piperazine rings is 1. The van der Waals surface area contributed by atoms with Gasteiger partial charge in [-0.05, 0) is 93.7 Å². The van der Waals surface area contributed by atoms with Crippen molar-refractivity contribution < 1.29 is 18.7 Å². The molecule has 2 aromatic heterocycles. The van der Waals surface area contributed by atoms with Crippen LogP contribution in [0.4, 0.5) is 15.9 Å². The van der Waals surface area contributed by atoms with E-state index < -0.39 is 11.4 Å². The van der Waals surface area contributed by atoms with E-state index in [2.05, 4.69) is 58.1 Å². The molecule has 5 aliphatic rings. The number of nitriles is 1. The van der Waals surface area contributed by atoms with Crippen LogP contribution in [0.1, 0.15) is 73.4 Å². The second kappa shape index (κ2) is 14.1. The predicted octanol–water partition coefficient (Wildman–Crippen LogP) is 4.54. The number of benzene rings is 1. The molecule has 2 amide bonds. The van der Waals surface area contributed by atoms with Crippen LogP contribution in [0.5, 0.6) is 0 Å². The van der Waals surface area contributed by atoms with Crippen molar-refractivity contribution in [1.82, 2.24) is 29.2 Å². The number of nitrogen functional groups attached to an aromatic ring is 1. The normalized spacial score (nSPS) is 22.1. The molecule has 1 atom stereocenters. The summed E-state index contributed by atoms with van der Waals surface area (Å²) < 4.78 is 23.2. The molecule has 0 bridgehead atoms. The zero-order chi connectivity index (χ0) is 38.8. The molecule has 2 N–H and O–H groups in total. The number of carbonyl (C=O) groups excluding carboxylic acids is 2. The third-order valence-corrected chi connectivity index (χ3v) is 12.7. The highest BCUT2D eigenvalue weighted by Gasteiger charge is 2.39. The summed E-state index contributed by atoms with van der Waals surface area (Å²) in [6.45, 7) is 17.2. The maximum atomic E-state index is 15.6. The number of aromatic nitrogens is 3. The van der Waals surface area contributed by atoms with Crippen molar-refractivity contribution in [2.45, 2.75) is 90.9 Å². The van der Waals surface area contributed by atoms with Gasteiger partial charge in [-0.25, -0.2) is 14.4 Å². The van der Waals surface area contributed by atoms with Crippen molar-refractivity contribution in [1.29, 1.82) is 5.26 Å². The lowest BCUT2D eigenvalue weighted by atomic mass is 9.90. The molecule has 1 unspecified atom stereocenters. The third-order valence-electron chi connectivity index (χ3n) is 12.7. The average Bonchev–Trinajstić information content (AvgIpc) is 3.81. The Labute approximate surface area is 322 Å². The molecule has 12 nitrogen and oxygen atoms in total. The molecule has 1 aromatic carbocycles. The summed E-state index contributed by atoms with van der Waals surface area (Å²) in [6, 6.07) is 7.33. The Balaban J connectivity index is 1.03. The van der Waals surface area contributed by atoms with Gasteiger partial charge >= 0.3 is 0 Å². The molecular weight excluding hydrogens is 698 g/mol. The molecule has 6 heterocycles. The van der Waals surface area contributed by atoms with Crippen LogP contribution in [0.25, 0.3) is 11.3 Å². The van der Waals surface area contributed by atoms with Crippen molar-refractivity contribution in [3.05, 3.63) is 70.1 Å². The Bertz CT molecular complexity index is 2100. The van der Waals surface area contributed by atoms with E-state index in [1.165, 1.54) is 29.7 Å². The predicted molar refractivity (Wildman–Crippen MR) is 208 cm³/mol. The SMILES string of the molecule is Cc1c(-c2ncnc(N)c2CC2CCCN2C(=O)C(C#N)=CC(C)(C)N2CCN(C3COC3)CC2)cc(F)cc1N1CCn2c(cc3c2CC(C)(C)C3)C1=O. The summed E-state index contributed by atoms with van der Waals surface area (Å²) in [6.07, 6.45) is 6.89. The second-order valence-corrected chi connectivity index (χ2v) is 17.3. The topological polar surface area (TPSA) is 137 Å². The number of carbonyl (C=O) groups is 2.